The molecule has 3 nitrogen and oxygen atoms in total. The van der Waals surface area contributed by atoms with Crippen LogP contribution < -0.4 is 10.1 Å². The molecule has 1 saturated heterocycles. The standard InChI is InChI=1S/C16H26N2O/c1-12(2)13-5-6-14(16(9-13)19-4)11-18(3)15-7-8-17-10-15/h5-6,9,12,15,17H,7-8,10-11H2,1-4H3. The summed E-state index contributed by atoms with van der Waals surface area (Å²) in [7, 11) is 3.97. The van der Waals surface area contributed by atoms with Gasteiger partial charge in [-0.25, -0.2) is 0 Å². The number of hydrogen-bond donors (Lipinski definition) is 1. The van der Waals surface area contributed by atoms with Gasteiger partial charge < -0.3 is 10.1 Å². The first-order chi connectivity index (χ1) is 9.11. The van der Waals surface area contributed by atoms with E-state index in [1.54, 1.807) is 7.11 Å². The largest absolute Gasteiger partial charge is 0.496 e. The van der Waals surface area contributed by atoms with Gasteiger partial charge in [0, 0.05) is 24.7 Å². The summed E-state index contributed by atoms with van der Waals surface area (Å²) in [5, 5.41) is 3.42. The molecule has 0 aliphatic carbocycles. The van der Waals surface area contributed by atoms with Crippen molar-refractivity contribution in [3.63, 3.8) is 0 Å². The molecule has 0 saturated carbocycles. The summed E-state index contributed by atoms with van der Waals surface area (Å²) in [5.41, 5.74) is 2.62. The van der Waals surface area contributed by atoms with Crippen LogP contribution in [0, 0.1) is 0 Å². The Morgan fingerprint density at radius 3 is 2.79 bits per heavy atom. The van der Waals surface area contributed by atoms with Crippen LogP contribution in [-0.4, -0.2) is 38.2 Å². The average Bonchev–Trinajstić information content (AvgIpc) is 2.92. The molecule has 1 unspecified atom stereocenters. The van der Waals surface area contributed by atoms with Gasteiger partial charge in [-0.2, -0.15) is 0 Å². The molecule has 0 radical (unpaired) electrons. The zero-order valence-electron chi connectivity index (χ0n) is 12.6. The molecule has 3 heteroatoms. The summed E-state index contributed by atoms with van der Waals surface area (Å²) in [6.07, 6.45) is 1.24. The third-order valence-electron chi connectivity index (χ3n) is 4.06. The second-order valence-corrected chi connectivity index (χ2v) is 5.79. The normalized spacial score (nSPS) is 19.4. The van der Waals surface area contributed by atoms with Gasteiger partial charge in [0.25, 0.3) is 0 Å². The van der Waals surface area contributed by atoms with Gasteiger partial charge in [-0.15, -0.1) is 0 Å². The van der Waals surface area contributed by atoms with Crippen molar-refractivity contribution in [2.75, 3.05) is 27.2 Å². The zero-order valence-corrected chi connectivity index (χ0v) is 12.6. The zero-order chi connectivity index (χ0) is 13.8. The number of ether oxygens (including phenoxy) is 1. The monoisotopic (exact) mass is 262 g/mol. The van der Waals surface area contributed by atoms with Crippen molar-refractivity contribution < 1.29 is 4.74 Å². The van der Waals surface area contributed by atoms with Crippen LogP contribution in [0.5, 0.6) is 5.75 Å². The first-order valence-corrected chi connectivity index (χ1v) is 7.19. The molecule has 0 amide bonds. The number of nitrogens with one attached hydrogen (secondary N) is 1. The molecular formula is C16H26N2O. The van der Waals surface area contributed by atoms with Crippen LogP contribution in [0.25, 0.3) is 0 Å². The molecule has 0 spiro atoms. The predicted octanol–water partition coefficient (Wildman–Crippen LogP) is 2.61. The Labute approximate surface area is 116 Å². The minimum absolute atomic E-state index is 0.541. The van der Waals surface area contributed by atoms with Crippen LogP contribution in [0.4, 0.5) is 0 Å². The lowest BCUT2D eigenvalue weighted by molar-refractivity contribution is 0.245. The Kier molecular flexibility index (Phi) is 4.83. The fraction of sp³-hybridized carbons (Fsp3) is 0.625. The molecule has 1 aliphatic rings. The molecule has 19 heavy (non-hydrogen) atoms. The van der Waals surface area contributed by atoms with Gasteiger partial charge >= 0.3 is 0 Å². The molecule has 1 fully saturated rings. The second-order valence-electron chi connectivity index (χ2n) is 5.79. The fourth-order valence-electron chi connectivity index (χ4n) is 2.66. The van der Waals surface area contributed by atoms with Crippen molar-refractivity contribution in [3.05, 3.63) is 29.3 Å². The maximum Gasteiger partial charge on any atom is 0.123 e. The predicted molar refractivity (Wildman–Crippen MR) is 79.8 cm³/mol. The molecular weight excluding hydrogens is 236 g/mol. The Bertz CT molecular complexity index is 411. The Morgan fingerprint density at radius 2 is 2.21 bits per heavy atom. The van der Waals surface area contributed by atoms with Gasteiger partial charge in [-0.05, 0) is 37.6 Å². The summed E-state index contributed by atoms with van der Waals surface area (Å²) in [5.74, 6) is 1.56. The minimum Gasteiger partial charge on any atom is -0.496 e. The van der Waals surface area contributed by atoms with E-state index in [0.29, 0.717) is 12.0 Å². The number of nitrogens with zero attached hydrogens (tertiary/aromatic N) is 1. The van der Waals surface area contributed by atoms with Crippen LogP contribution in [-0.2, 0) is 6.54 Å². The smallest absolute Gasteiger partial charge is 0.123 e. The molecule has 0 bridgehead atoms. The second kappa shape index (κ2) is 6.40. The molecule has 1 N–H and O–H groups in total. The highest BCUT2D eigenvalue weighted by atomic mass is 16.5. The van der Waals surface area contributed by atoms with Crippen molar-refractivity contribution in [2.45, 2.75) is 38.8 Å². The van der Waals surface area contributed by atoms with Crippen LogP contribution in [0.2, 0.25) is 0 Å². The van der Waals surface area contributed by atoms with Crippen LogP contribution in [0.15, 0.2) is 18.2 Å². The molecule has 1 heterocycles. The van der Waals surface area contributed by atoms with Crippen LogP contribution >= 0.6 is 0 Å². The summed E-state index contributed by atoms with van der Waals surface area (Å²) in [6, 6.07) is 7.27. The van der Waals surface area contributed by atoms with E-state index in [1.165, 1.54) is 17.5 Å². The summed E-state index contributed by atoms with van der Waals surface area (Å²) < 4.78 is 5.56. The summed E-state index contributed by atoms with van der Waals surface area (Å²) in [4.78, 5) is 2.42. The first-order valence-electron chi connectivity index (χ1n) is 7.19. The van der Waals surface area contributed by atoms with Crippen molar-refractivity contribution in [1.29, 1.82) is 0 Å². The Morgan fingerprint density at radius 1 is 1.42 bits per heavy atom. The molecule has 0 aromatic heterocycles. The van der Waals surface area contributed by atoms with Crippen molar-refractivity contribution in [3.8, 4) is 5.75 Å². The van der Waals surface area contributed by atoms with Gasteiger partial charge in [0.05, 0.1) is 7.11 Å². The van der Waals surface area contributed by atoms with Gasteiger partial charge in [0.2, 0.25) is 0 Å². The molecule has 1 atom stereocenters. The molecule has 2 rings (SSSR count). The molecule has 1 aromatic carbocycles. The van der Waals surface area contributed by atoms with E-state index in [1.807, 2.05) is 0 Å². The topological polar surface area (TPSA) is 24.5 Å². The lowest BCUT2D eigenvalue weighted by Gasteiger charge is -2.24. The van der Waals surface area contributed by atoms with E-state index < -0.39 is 0 Å². The van der Waals surface area contributed by atoms with Crippen LogP contribution in [0.3, 0.4) is 0 Å². The maximum atomic E-state index is 5.56. The summed E-state index contributed by atoms with van der Waals surface area (Å²) >= 11 is 0. The number of rotatable bonds is 5. The maximum absolute atomic E-state index is 5.56. The van der Waals surface area contributed by atoms with Crippen molar-refractivity contribution >= 4 is 0 Å². The number of likely N-dealkylation sites (N-methyl/N-ethyl adjacent to an activating group) is 1. The highest BCUT2D eigenvalue weighted by molar-refractivity contribution is 5.38. The van der Waals surface area contributed by atoms with E-state index in [9.17, 15) is 0 Å². The van der Waals surface area contributed by atoms with Gasteiger partial charge in [0.15, 0.2) is 0 Å². The highest BCUT2D eigenvalue weighted by Crippen LogP contribution is 2.26. The Balaban J connectivity index is 2.10. The number of methoxy groups -OCH3 is 1. The van der Waals surface area contributed by atoms with E-state index in [0.717, 1.165) is 25.4 Å². The SMILES string of the molecule is COc1cc(C(C)C)ccc1CN(C)C1CCNC1. The van der Waals surface area contributed by atoms with Gasteiger partial charge in [-0.3, -0.25) is 4.90 Å². The van der Waals surface area contributed by atoms with Gasteiger partial charge in [-0.1, -0.05) is 26.0 Å². The lowest BCUT2D eigenvalue weighted by atomic mass is 10.0. The Hall–Kier alpha value is -1.06. The molecule has 106 valence electrons. The summed E-state index contributed by atoms with van der Waals surface area (Å²) in [6.45, 7) is 7.62. The minimum atomic E-state index is 0.541. The third-order valence-corrected chi connectivity index (χ3v) is 4.06. The average molecular weight is 262 g/mol. The lowest BCUT2D eigenvalue weighted by Crippen LogP contribution is -2.32. The van der Waals surface area contributed by atoms with E-state index in [2.05, 4.69) is 49.3 Å². The van der Waals surface area contributed by atoms with E-state index in [-0.39, 0.29) is 0 Å². The fourth-order valence-corrected chi connectivity index (χ4v) is 2.66. The highest BCUT2D eigenvalue weighted by Gasteiger charge is 2.20. The van der Waals surface area contributed by atoms with E-state index >= 15 is 0 Å². The number of hydrogen-bond acceptors (Lipinski definition) is 3. The van der Waals surface area contributed by atoms with Crippen molar-refractivity contribution in [2.24, 2.45) is 0 Å². The molecule has 1 aliphatic heterocycles. The molecule has 1 aromatic rings. The third kappa shape index (κ3) is 3.48. The van der Waals surface area contributed by atoms with Crippen LogP contribution in [0.1, 0.15) is 37.3 Å². The number of benzene rings is 1. The van der Waals surface area contributed by atoms with E-state index in [4.69, 9.17) is 4.74 Å². The van der Waals surface area contributed by atoms with Gasteiger partial charge in [0.1, 0.15) is 5.75 Å². The van der Waals surface area contributed by atoms with Crippen molar-refractivity contribution in [1.82, 2.24) is 10.2 Å². The first kappa shape index (κ1) is 14.4. The quantitative estimate of drug-likeness (QED) is 0.883.